The molecule has 2 fully saturated rings. The molecule has 0 aromatic heterocycles. The van der Waals surface area contributed by atoms with E-state index in [1.807, 2.05) is 30.3 Å². The lowest BCUT2D eigenvalue weighted by atomic mass is 9.80. The molecule has 2 aliphatic carbocycles. The van der Waals surface area contributed by atoms with Crippen LogP contribution in [0.2, 0.25) is 5.02 Å². The summed E-state index contributed by atoms with van der Waals surface area (Å²) in [6.45, 7) is 10.4. The van der Waals surface area contributed by atoms with Gasteiger partial charge in [0.2, 0.25) is 0 Å². The van der Waals surface area contributed by atoms with E-state index in [4.69, 9.17) is 11.6 Å². The maximum absolute atomic E-state index is 13.6. The van der Waals surface area contributed by atoms with Crippen molar-refractivity contribution in [1.82, 2.24) is 9.80 Å². The van der Waals surface area contributed by atoms with E-state index in [2.05, 4.69) is 61.0 Å². The van der Waals surface area contributed by atoms with Crippen LogP contribution < -0.4 is 5.32 Å². The number of amides is 2. The van der Waals surface area contributed by atoms with Gasteiger partial charge in [-0.05, 0) is 94.5 Å². The van der Waals surface area contributed by atoms with Crippen molar-refractivity contribution in [3.05, 3.63) is 64.7 Å². The first-order valence-corrected chi connectivity index (χ1v) is 13.2. The molecule has 1 N–H and O–H groups in total. The highest BCUT2D eigenvalue weighted by atomic mass is 35.5. The Bertz CT molecular complexity index is 1090. The Labute approximate surface area is 215 Å². The summed E-state index contributed by atoms with van der Waals surface area (Å²) in [6, 6.07) is 18.7. The van der Waals surface area contributed by atoms with Gasteiger partial charge in [0, 0.05) is 31.2 Å². The number of anilines is 1. The molecule has 0 radical (unpaired) electrons. The molecule has 2 saturated carbocycles. The summed E-state index contributed by atoms with van der Waals surface area (Å²) in [5, 5.41) is 13.0. The molecule has 0 bridgehead atoms. The van der Waals surface area contributed by atoms with Crippen molar-refractivity contribution in [3.8, 4) is 6.07 Å². The fraction of sp³-hybridized carbons (Fsp3) is 0.517. The Hall–Kier alpha value is -2.55. The number of hydrogen-bond acceptors (Lipinski definition) is 3. The summed E-state index contributed by atoms with van der Waals surface area (Å²) in [6.07, 6.45) is 4.15. The van der Waals surface area contributed by atoms with Gasteiger partial charge in [-0.25, -0.2) is 4.79 Å². The number of benzene rings is 2. The smallest absolute Gasteiger partial charge is 0.320 e. The molecule has 4 rings (SSSR count). The van der Waals surface area contributed by atoms with Crippen molar-refractivity contribution < 1.29 is 4.79 Å². The average molecular weight is 493 g/mol. The molecule has 0 saturated heterocycles. The quantitative estimate of drug-likeness (QED) is 0.447. The highest BCUT2D eigenvalue weighted by Crippen LogP contribution is 2.62. The molecule has 2 amide bonds. The number of para-hydroxylation sites is 1. The van der Waals surface area contributed by atoms with E-state index in [9.17, 15) is 10.1 Å². The molecule has 3 atom stereocenters. The largest absolute Gasteiger partial charge is 0.322 e. The van der Waals surface area contributed by atoms with Crippen molar-refractivity contribution in [2.24, 2.45) is 5.92 Å². The number of halogens is 1. The number of rotatable bonds is 8. The molecular formula is C29H37ClN4O. The topological polar surface area (TPSA) is 59.4 Å². The molecule has 2 aromatic carbocycles. The van der Waals surface area contributed by atoms with Gasteiger partial charge in [0.25, 0.3) is 0 Å². The number of carbonyl (C=O) groups is 1. The lowest BCUT2D eigenvalue weighted by Crippen LogP contribution is -2.50. The molecule has 5 nitrogen and oxygen atoms in total. The van der Waals surface area contributed by atoms with Crippen LogP contribution >= 0.6 is 11.6 Å². The van der Waals surface area contributed by atoms with Gasteiger partial charge in [0.05, 0.1) is 22.3 Å². The van der Waals surface area contributed by atoms with Gasteiger partial charge < -0.3 is 10.2 Å². The van der Waals surface area contributed by atoms with Gasteiger partial charge in [-0.2, -0.15) is 5.26 Å². The third-order valence-electron chi connectivity index (χ3n) is 8.02. The lowest BCUT2D eigenvalue weighted by Gasteiger charge is -2.39. The first-order chi connectivity index (χ1) is 16.7. The zero-order valence-electron chi connectivity index (χ0n) is 21.3. The maximum Gasteiger partial charge on any atom is 0.322 e. The molecule has 0 heterocycles. The van der Waals surface area contributed by atoms with Crippen molar-refractivity contribution in [2.45, 2.75) is 76.9 Å². The Morgan fingerprint density at radius 2 is 1.89 bits per heavy atom. The third-order valence-corrected chi connectivity index (χ3v) is 8.35. The molecule has 35 heavy (non-hydrogen) atoms. The zero-order valence-corrected chi connectivity index (χ0v) is 22.1. The summed E-state index contributed by atoms with van der Waals surface area (Å²) >= 11 is 6.35. The predicted molar refractivity (Wildman–Crippen MR) is 143 cm³/mol. The molecule has 2 aliphatic rings. The average Bonchev–Trinajstić information content (AvgIpc) is 3.58. The SMILES string of the molecule is CC(C)N(CCN(C(=O)Nc1ccccc1Cl)[C@@H]1CC[C@]2(c3cccc(C#N)c3)CC2C1)C(C)C. The van der Waals surface area contributed by atoms with E-state index >= 15 is 0 Å². The monoisotopic (exact) mass is 492 g/mol. The minimum atomic E-state index is -0.0739. The Morgan fingerprint density at radius 1 is 1.14 bits per heavy atom. The first-order valence-electron chi connectivity index (χ1n) is 12.8. The molecule has 0 spiro atoms. The number of hydrogen-bond donors (Lipinski definition) is 1. The number of fused-ring (bicyclic) bond motifs is 1. The summed E-state index contributed by atoms with van der Waals surface area (Å²) in [4.78, 5) is 18.1. The Kier molecular flexibility index (Phi) is 7.73. The van der Waals surface area contributed by atoms with E-state index in [0.29, 0.717) is 35.3 Å². The molecular weight excluding hydrogens is 456 g/mol. The number of nitriles is 1. The van der Waals surface area contributed by atoms with Gasteiger partial charge in [0.1, 0.15) is 0 Å². The van der Waals surface area contributed by atoms with E-state index in [0.717, 1.165) is 37.8 Å². The van der Waals surface area contributed by atoms with E-state index < -0.39 is 0 Å². The van der Waals surface area contributed by atoms with Crippen LogP contribution in [0.3, 0.4) is 0 Å². The van der Waals surface area contributed by atoms with E-state index in [1.54, 1.807) is 6.07 Å². The number of urea groups is 1. The molecule has 2 aromatic rings. The van der Waals surface area contributed by atoms with Crippen molar-refractivity contribution in [2.75, 3.05) is 18.4 Å². The van der Waals surface area contributed by atoms with Gasteiger partial charge in [0.15, 0.2) is 0 Å². The number of nitrogens with zero attached hydrogens (tertiary/aromatic N) is 3. The van der Waals surface area contributed by atoms with Crippen LogP contribution in [-0.4, -0.2) is 47.0 Å². The van der Waals surface area contributed by atoms with Crippen molar-refractivity contribution in [3.63, 3.8) is 0 Å². The second-order valence-corrected chi connectivity index (χ2v) is 11.1. The summed E-state index contributed by atoms with van der Waals surface area (Å²) in [5.41, 5.74) is 2.85. The number of carbonyl (C=O) groups excluding carboxylic acids is 1. The first kappa shape index (κ1) is 25.5. The molecule has 1 unspecified atom stereocenters. The highest BCUT2D eigenvalue weighted by Gasteiger charge is 2.58. The van der Waals surface area contributed by atoms with Gasteiger partial charge in [-0.3, -0.25) is 4.90 Å². The van der Waals surface area contributed by atoms with E-state index in [-0.39, 0.29) is 17.5 Å². The maximum atomic E-state index is 13.6. The second-order valence-electron chi connectivity index (χ2n) is 10.7. The van der Waals surface area contributed by atoms with Crippen LogP contribution in [0.4, 0.5) is 10.5 Å². The van der Waals surface area contributed by atoms with Crippen LogP contribution in [0, 0.1) is 17.2 Å². The lowest BCUT2D eigenvalue weighted by molar-refractivity contribution is 0.120. The predicted octanol–water partition coefficient (Wildman–Crippen LogP) is 6.67. The minimum absolute atomic E-state index is 0.0739. The van der Waals surface area contributed by atoms with Crippen LogP contribution in [0.15, 0.2) is 48.5 Å². The zero-order chi connectivity index (χ0) is 25.2. The van der Waals surface area contributed by atoms with Crippen molar-refractivity contribution >= 4 is 23.3 Å². The standard InChI is InChI=1S/C29H37ClN4O/c1-20(2)33(21(3)4)14-15-34(28(35)32-27-11-6-5-10-26(27)30)25-12-13-29(18-24(29)17-25)23-9-7-8-22(16-23)19-31/h5-11,16,20-21,24-25H,12-15,17-18H2,1-4H3,(H,32,35)/t24?,25-,29-/m1/s1. The summed E-state index contributed by atoms with van der Waals surface area (Å²) in [7, 11) is 0. The van der Waals surface area contributed by atoms with Gasteiger partial charge in [-0.15, -0.1) is 0 Å². The summed E-state index contributed by atoms with van der Waals surface area (Å²) in [5.74, 6) is 0.553. The second kappa shape index (κ2) is 10.6. The van der Waals surface area contributed by atoms with Crippen LogP contribution in [0.5, 0.6) is 0 Å². The highest BCUT2D eigenvalue weighted by molar-refractivity contribution is 6.33. The Morgan fingerprint density at radius 3 is 2.54 bits per heavy atom. The minimum Gasteiger partial charge on any atom is -0.320 e. The molecule has 186 valence electrons. The third kappa shape index (κ3) is 5.50. The fourth-order valence-electron chi connectivity index (χ4n) is 6.08. The van der Waals surface area contributed by atoms with E-state index in [1.165, 1.54) is 5.56 Å². The van der Waals surface area contributed by atoms with Crippen LogP contribution in [0.25, 0.3) is 0 Å². The molecule has 0 aliphatic heterocycles. The Balaban J connectivity index is 1.51. The van der Waals surface area contributed by atoms with Crippen molar-refractivity contribution in [1.29, 1.82) is 5.26 Å². The van der Waals surface area contributed by atoms with Gasteiger partial charge >= 0.3 is 6.03 Å². The van der Waals surface area contributed by atoms with Gasteiger partial charge in [-0.1, -0.05) is 35.9 Å². The fourth-order valence-corrected chi connectivity index (χ4v) is 6.26. The number of nitrogens with one attached hydrogen (secondary N) is 1. The summed E-state index contributed by atoms with van der Waals surface area (Å²) < 4.78 is 0. The normalized spacial score (nSPS) is 23.2. The van der Waals surface area contributed by atoms with Crippen LogP contribution in [0.1, 0.15) is 64.5 Å². The molecule has 6 heteroatoms. The van der Waals surface area contributed by atoms with Crippen LogP contribution in [-0.2, 0) is 5.41 Å².